The van der Waals surface area contributed by atoms with Crippen LogP contribution in [0.1, 0.15) is 12.8 Å². The smallest absolute Gasteiger partial charge is 0.134 e. The predicted octanol–water partition coefficient (Wildman–Crippen LogP) is 2.08. The van der Waals surface area contributed by atoms with E-state index in [1.807, 2.05) is 13.1 Å². The van der Waals surface area contributed by atoms with Crippen LogP contribution in [0.25, 0.3) is 10.4 Å². The van der Waals surface area contributed by atoms with E-state index in [9.17, 15) is 0 Å². The fourth-order valence-corrected chi connectivity index (χ4v) is 0.820. The van der Waals surface area contributed by atoms with Crippen LogP contribution in [0.4, 0.5) is 0 Å². The molecule has 1 rings (SSSR count). The Balaban J connectivity index is 0.000000183. The van der Waals surface area contributed by atoms with Crippen LogP contribution >= 0.6 is 0 Å². The molecule has 4 nitrogen and oxygen atoms in total. The highest BCUT2D eigenvalue weighted by Crippen LogP contribution is 1.98. The van der Waals surface area contributed by atoms with Crippen molar-refractivity contribution < 1.29 is 4.74 Å². The molecule has 1 heterocycles. The third-order valence-corrected chi connectivity index (χ3v) is 1.68. The minimum Gasteiger partial charge on any atom is -0.381 e. The Morgan fingerprint density at radius 1 is 1.36 bits per heavy atom. The Hall–Kier alpha value is -0.513. The van der Waals surface area contributed by atoms with Crippen molar-refractivity contribution in [2.24, 2.45) is 4.78 Å². The molecule has 1 saturated heterocycles. The number of azide groups is 1. The molecule has 1 aliphatic rings. The Bertz CT molecular complexity index is 122. The van der Waals surface area contributed by atoms with Gasteiger partial charge in [0.15, 0.2) is 0 Å². The fraction of sp³-hybridized carbons (Fsp3) is 1.00. The first-order valence-corrected chi connectivity index (χ1v) is 6.72. The summed E-state index contributed by atoms with van der Waals surface area (Å²) in [5.74, 6) is 0. The summed E-state index contributed by atoms with van der Waals surface area (Å²) in [6, 6.07) is 0. The zero-order valence-electron chi connectivity index (χ0n) is 7.16. The van der Waals surface area contributed by atoms with Crippen LogP contribution in [0.3, 0.4) is 0 Å². The van der Waals surface area contributed by atoms with Gasteiger partial charge >= 0.3 is 0 Å². The van der Waals surface area contributed by atoms with Crippen molar-refractivity contribution in [2.75, 3.05) is 13.2 Å². The molecule has 0 radical (unpaired) electrons. The van der Waals surface area contributed by atoms with Gasteiger partial charge < -0.3 is 4.74 Å². The minimum absolute atomic E-state index is 0.962. The highest BCUT2D eigenvalue weighted by atomic mass is 28.3. The average molecular weight is 173 g/mol. The number of nitrogens with zero attached hydrogens (tertiary/aromatic N) is 3. The van der Waals surface area contributed by atoms with Crippen LogP contribution in [-0.4, -0.2) is 22.2 Å². The number of hydrogen-bond acceptors (Lipinski definition) is 2. The first-order valence-electron chi connectivity index (χ1n) is 3.89. The van der Waals surface area contributed by atoms with Gasteiger partial charge in [-0.05, 0) is 23.3 Å². The van der Waals surface area contributed by atoms with Gasteiger partial charge in [-0.15, -0.1) is 4.78 Å². The molecule has 0 unspecified atom stereocenters. The van der Waals surface area contributed by atoms with Gasteiger partial charge in [0.05, 0.1) is 0 Å². The van der Waals surface area contributed by atoms with E-state index in [-0.39, 0.29) is 0 Å². The van der Waals surface area contributed by atoms with E-state index in [4.69, 9.17) is 10.3 Å². The second-order valence-electron chi connectivity index (χ2n) is 2.62. The minimum atomic E-state index is -0.962. The summed E-state index contributed by atoms with van der Waals surface area (Å²) in [4.78, 5) is 2.62. The van der Waals surface area contributed by atoms with Gasteiger partial charge in [0.2, 0.25) is 0 Å². The van der Waals surface area contributed by atoms with Crippen molar-refractivity contribution in [3.05, 3.63) is 10.4 Å². The molecule has 1 aliphatic heterocycles. The largest absolute Gasteiger partial charge is 0.381 e. The van der Waals surface area contributed by atoms with Crippen LogP contribution in [0.2, 0.25) is 13.1 Å². The molecule has 0 amide bonds. The van der Waals surface area contributed by atoms with Crippen molar-refractivity contribution in [2.45, 2.75) is 25.9 Å². The molecule has 1 fully saturated rings. The fourth-order valence-electron chi connectivity index (χ4n) is 0.614. The van der Waals surface area contributed by atoms with Gasteiger partial charge in [-0.2, -0.15) is 0 Å². The maximum absolute atomic E-state index is 7.73. The first-order chi connectivity index (χ1) is 5.27. The molecule has 0 aromatic heterocycles. The lowest BCUT2D eigenvalue weighted by molar-refractivity contribution is 0.198. The van der Waals surface area contributed by atoms with Crippen LogP contribution in [0.5, 0.6) is 0 Å². The van der Waals surface area contributed by atoms with Gasteiger partial charge in [-0.3, -0.25) is 0 Å². The molecule has 0 aromatic rings. The van der Waals surface area contributed by atoms with E-state index < -0.39 is 8.96 Å². The van der Waals surface area contributed by atoms with Gasteiger partial charge in [0.1, 0.15) is 8.96 Å². The van der Waals surface area contributed by atoms with Gasteiger partial charge in [-0.1, -0.05) is 13.1 Å². The van der Waals surface area contributed by atoms with Crippen molar-refractivity contribution in [3.63, 3.8) is 0 Å². The molecule has 11 heavy (non-hydrogen) atoms. The first kappa shape index (κ1) is 10.5. The third-order valence-electron chi connectivity index (χ3n) is 1.11. The quantitative estimate of drug-likeness (QED) is 0.259. The van der Waals surface area contributed by atoms with Gasteiger partial charge in [-0.25, -0.2) is 0 Å². The van der Waals surface area contributed by atoms with E-state index >= 15 is 0 Å². The molecule has 0 saturated carbocycles. The Morgan fingerprint density at radius 3 is 2.00 bits per heavy atom. The second kappa shape index (κ2) is 7.59. The molecule has 5 heteroatoms. The molecule has 0 spiro atoms. The highest BCUT2D eigenvalue weighted by Gasteiger charge is 1.94. The molecular weight excluding hydrogens is 158 g/mol. The summed E-state index contributed by atoms with van der Waals surface area (Å²) >= 11 is 0. The van der Waals surface area contributed by atoms with Crippen LogP contribution in [0, 0.1) is 0 Å². The molecule has 0 N–H and O–H groups in total. The SMILES string of the molecule is C1CCOC1.C[SiH](C)N=[N+]=[N-]. The normalized spacial score (nSPS) is 15.2. The summed E-state index contributed by atoms with van der Waals surface area (Å²) in [6.07, 6.45) is 2.56. The molecular formula is C6H15N3OSi. The van der Waals surface area contributed by atoms with Crippen molar-refractivity contribution in [1.29, 1.82) is 0 Å². The molecule has 0 aliphatic carbocycles. The summed E-state index contributed by atoms with van der Waals surface area (Å²) < 4.78 is 8.39. The molecule has 0 atom stereocenters. The number of ether oxygens (including phenoxy) is 1. The monoisotopic (exact) mass is 173 g/mol. The van der Waals surface area contributed by atoms with Crippen LogP contribution in [0.15, 0.2) is 4.78 Å². The van der Waals surface area contributed by atoms with Crippen LogP contribution < -0.4 is 0 Å². The lowest BCUT2D eigenvalue weighted by Crippen LogP contribution is -1.88. The van der Waals surface area contributed by atoms with Gasteiger partial charge in [0, 0.05) is 13.2 Å². The average Bonchev–Trinajstić information content (AvgIpc) is 2.41. The second-order valence-corrected chi connectivity index (χ2v) is 5.04. The third kappa shape index (κ3) is 9.49. The zero-order valence-corrected chi connectivity index (χ0v) is 8.31. The van der Waals surface area contributed by atoms with E-state index in [2.05, 4.69) is 9.69 Å². The number of rotatable bonds is 1. The van der Waals surface area contributed by atoms with Crippen molar-refractivity contribution in [1.82, 2.24) is 0 Å². The summed E-state index contributed by atoms with van der Waals surface area (Å²) in [5.41, 5.74) is 7.73. The van der Waals surface area contributed by atoms with E-state index in [0.29, 0.717) is 0 Å². The topological polar surface area (TPSA) is 58.0 Å². The predicted molar refractivity (Wildman–Crippen MR) is 48.1 cm³/mol. The lowest BCUT2D eigenvalue weighted by atomic mass is 10.4. The summed E-state index contributed by atoms with van der Waals surface area (Å²) in [6.45, 7) is 5.94. The summed E-state index contributed by atoms with van der Waals surface area (Å²) in [5, 5.41) is 0. The highest BCUT2D eigenvalue weighted by molar-refractivity contribution is 6.53. The molecule has 0 bridgehead atoms. The van der Waals surface area contributed by atoms with Crippen LogP contribution in [-0.2, 0) is 4.74 Å². The Kier molecular flexibility index (Phi) is 7.24. The molecule has 0 aromatic carbocycles. The van der Waals surface area contributed by atoms with E-state index in [0.717, 1.165) is 13.2 Å². The Morgan fingerprint density at radius 2 is 1.91 bits per heavy atom. The maximum atomic E-state index is 7.73. The van der Waals surface area contributed by atoms with Crippen molar-refractivity contribution in [3.8, 4) is 0 Å². The Labute approximate surface area is 68.9 Å². The van der Waals surface area contributed by atoms with E-state index in [1.54, 1.807) is 0 Å². The lowest BCUT2D eigenvalue weighted by Gasteiger charge is -1.78. The van der Waals surface area contributed by atoms with Crippen molar-refractivity contribution >= 4 is 8.96 Å². The van der Waals surface area contributed by atoms with E-state index in [1.165, 1.54) is 12.8 Å². The van der Waals surface area contributed by atoms with Gasteiger partial charge in [0.25, 0.3) is 0 Å². The zero-order chi connectivity index (χ0) is 8.53. The molecule has 64 valence electrons. The standard InChI is InChI=1S/C4H8O.C2H7N3Si/c1-2-4-5-3-1;1-6(2)5-4-3/h1-4H2;6H,1-2H3. The maximum Gasteiger partial charge on any atom is 0.134 e. The summed E-state index contributed by atoms with van der Waals surface area (Å²) in [7, 11) is -0.962. The number of hydrogen-bond donors (Lipinski definition) is 0.